The fourth-order valence-electron chi connectivity index (χ4n) is 10.6. The van der Waals surface area contributed by atoms with Crippen LogP contribution in [0.3, 0.4) is 0 Å². The number of phosphoric acid groups is 2. The SMILES string of the molecule is CCCCC/C=C\C/C=C\C/C=C\C/C=C\CCCC(=O)OC[C@H](COP(=O)(O)OC[C@H](O)COP(=O)(O)OC[C@@H](COC(=O)CCCCCCC/C=C\CCCCCCCC)OC(=O)CCCCCCC/C=C\CCCCCCCC)OC(=O)CCC/C=C\C/C=C\C/C=C\C/C=C\CCCCC. The summed E-state index contributed by atoms with van der Waals surface area (Å²) >= 11 is 0. The van der Waals surface area contributed by atoms with Gasteiger partial charge in [0.2, 0.25) is 0 Å². The number of hydrogen-bond acceptors (Lipinski definition) is 15. The molecular formula is C85H146O17P2. The van der Waals surface area contributed by atoms with Gasteiger partial charge >= 0.3 is 39.5 Å². The summed E-state index contributed by atoms with van der Waals surface area (Å²) in [7, 11) is -10.00. The fraction of sp³-hybridized carbons (Fsp3) is 0.718. The second-order valence-electron chi connectivity index (χ2n) is 27.0. The highest BCUT2D eigenvalue weighted by molar-refractivity contribution is 7.47. The highest BCUT2D eigenvalue weighted by Gasteiger charge is 2.30. The number of aliphatic hydroxyl groups is 1. The maximum absolute atomic E-state index is 13.1. The highest BCUT2D eigenvalue weighted by Crippen LogP contribution is 2.45. The van der Waals surface area contributed by atoms with Crippen LogP contribution in [0.2, 0.25) is 0 Å². The van der Waals surface area contributed by atoms with Gasteiger partial charge < -0.3 is 33.8 Å². The lowest BCUT2D eigenvalue weighted by Crippen LogP contribution is -2.30. The second-order valence-corrected chi connectivity index (χ2v) is 29.9. The number of esters is 4. The zero-order valence-corrected chi connectivity index (χ0v) is 67.2. The zero-order chi connectivity index (χ0) is 76.0. The first kappa shape index (κ1) is 99.5. The van der Waals surface area contributed by atoms with Crippen molar-refractivity contribution in [3.8, 4) is 0 Å². The predicted molar refractivity (Wildman–Crippen MR) is 427 cm³/mol. The summed E-state index contributed by atoms with van der Waals surface area (Å²) in [4.78, 5) is 73.0. The quantitative estimate of drug-likeness (QED) is 0.0169. The van der Waals surface area contributed by atoms with Gasteiger partial charge in [-0.2, -0.15) is 0 Å². The Bertz CT molecular complexity index is 2440. The lowest BCUT2D eigenvalue weighted by molar-refractivity contribution is -0.161. The van der Waals surface area contributed by atoms with Crippen LogP contribution in [0, 0.1) is 0 Å². The van der Waals surface area contributed by atoms with Crippen molar-refractivity contribution in [1.29, 1.82) is 0 Å². The molecule has 0 aromatic heterocycles. The second kappa shape index (κ2) is 76.6. The van der Waals surface area contributed by atoms with E-state index in [1.165, 1.54) is 116 Å². The van der Waals surface area contributed by atoms with E-state index < -0.39 is 97.5 Å². The molecule has 0 fully saturated rings. The van der Waals surface area contributed by atoms with Gasteiger partial charge in [0.25, 0.3) is 0 Å². The van der Waals surface area contributed by atoms with Crippen LogP contribution < -0.4 is 0 Å². The summed E-state index contributed by atoms with van der Waals surface area (Å²) in [6.45, 7) is 4.69. The molecule has 0 saturated heterocycles. The first-order valence-corrected chi connectivity index (χ1v) is 43.8. The van der Waals surface area contributed by atoms with E-state index in [1.807, 2.05) is 24.3 Å². The standard InChI is InChI=1S/C85H146O17P2/c1-5-9-13-17-21-25-29-33-37-39-43-46-50-54-58-62-66-70-83(88)96-76-81(102-85(90)72-68-64-60-56-52-48-44-40-38-34-30-26-22-18-14-10-6-2)78-100-104(93,94)98-74-79(86)73-97-103(91,92)99-77-80(101-84(89)71-67-63-59-55-51-47-42-36-32-28-24-20-16-12-8-4)75-95-82(87)69-65-61-57-53-49-45-41-35-31-27-23-19-15-11-7-3/h21-22,25-26,33-38,41-44,46,48,54,56,58,60,79-81,86H,5-20,23-24,27-32,39-40,45,47,49-53,55,57,59,61-78H2,1-4H3,(H,91,92)(H,93,94)/b25-21-,26-22-,37-33-,38-34-,41-35-,42-36-,46-43-,48-44-,58-54-,60-56-/t79-,80-,81-/m1/s1. The van der Waals surface area contributed by atoms with Crippen molar-refractivity contribution in [2.45, 2.75) is 354 Å². The molecule has 0 saturated carbocycles. The summed E-state index contributed by atoms with van der Waals surface area (Å²) in [6.07, 6.45) is 84.7. The Morgan fingerprint density at radius 3 is 0.798 bits per heavy atom. The number of carbonyl (C=O) groups excluding carboxylic acids is 4. The molecule has 0 aromatic rings. The number of ether oxygens (including phenoxy) is 4. The fourth-order valence-corrected chi connectivity index (χ4v) is 12.2. The normalized spacial score (nSPS) is 14.5. The number of rotatable bonds is 76. The summed E-state index contributed by atoms with van der Waals surface area (Å²) < 4.78 is 68.5. The van der Waals surface area contributed by atoms with Gasteiger partial charge in [-0.05, 0) is 154 Å². The van der Waals surface area contributed by atoms with Crippen LogP contribution in [0.1, 0.15) is 336 Å². The molecule has 0 aliphatic rings. The van der Waals surface area contributed by atoms with Crippen LogP contribution in [0.5, 0.6) is 0 Å². The Kier molecular flexibility index (Phi) is 73.3. The minimum Gasteiger partial charge on any atom is -0.462 e. The predicted octanol–water partition coefficient (Wildman–Crippen LogP) is 23.9. The molecule has 0 spiro atoms. The topological polar surface area (TPSA) is 237 Å². The lowest BCUT2D eigenvalue weighted by Gasteiger charge is -2.21. The summed E-state index contributed by atoms with van der Waals surface area (Å²) in [5, 5.41) is 10.6. The van der Waals surface area contributed by atoms with Gasteiger partial charge in [0, 0.05) is 25.7 Å². The molecule has 0 heterocycles. The van der Waals surface area contributed by atoms with Gasteiger partial charge in [-0.1, -0.05) is 278 Å². The lowest BCUT2D eigenvalue weighted by atomic mass is 10.1. The van der Waals surface area contributed by atoms with E-state index in [2.05, 4.69) is 125 Å². The summed E-state index contributed by atoms with van der Waals surface area (Å²) in [6, 6.07) is 0. The van der Waals surface area contributed by atoms with E-state index in [1.54, 1.807) is 0 Å². The molecule has 5 atom stereocenters. The van der Waals surface area contributed by atoms with Crippen molar-refractivity contribution in [3.05, 3.63) is 122 Å². The Morgan fingerprint density at radius 2 is 0.481 bits per heavy atom. The number of allylic oxidation sites excluding steroid dienone is 20. The monoisotopic (exact) mass is 1500 g/mol. The molecule has 0 amide bonds. The Morgan fingerprint density at radius 1 is 0.269 bits per heavy atom. The van der Waals surface area contributed by atoms with E-state index in [-0.39, 0.29) is 25.7 Å². The van der Waals surface area contributed by atoms with Crippen LogP contribution >= 0.6 is 15.6 Å². The molecule has 0 radical (unpaired) electrons. The minimum absolute atomic E-state index is 0.00510. The van der Waals surface area contributed by atoms with Gasteiger partial charge in [-0.15, -0.1) is 0 Å². The van der Waals surface area contributed by atoms with Gasteiger partial charge in [-0.25, -0.2) is 9.13 Å². The zero-order valence-electron chi connectivity index (χ0n) is 65.4. The van der Waals surface area contributed by atoms with Crippen LogP contribution in [-0.2, 0) is 65.4 Å². The highest BCUT2D eigenvalue weighted by atomic mass is 31.2. The third-order valence-corrected chi connectivity index (χ3v) is 18.8. The third-order valence-electron chi connectivity index (χ3n) is 16.9. The number of unbranched alkanes of at least 4 members (excludes halogenated alkanes) is 30. The minimum atomic E-state index is -5.01. The Labute approximate surface area is 632 Å². The number of aliphatic hydroxyl groups excluding tert-OH is 1. The van der Waals surface area contributed by atoms with Crippen molar-refractivity contribution in [3.63, 3.8) is 0 Å². The molecule has 0 aromatic carbocycles. The van der Waals surface area contributed by atoms with Gasteiger partial charge in [-0.3, -0.25) is 37.3 Å². The van der Waals surface area contributed by atoms with E-state index in [0.717, 1.165) is 128 Å². The summed E-state index contributed by atoms with van der Waals surface area (Å²) in [5.41, 5.74) is 0. The molecule has 598 valence electrons. The maximum Gasteiger partial charge on any atom is 0.472 e. The molecule has 0 bridgehead atoms. The van der Waals surface area contributed by atoms with Crippen LogP contribution in [0.25, 0.3) is 0 Å². The van der Waals surface area contributed by atoms with Crippen molar-refractivity contribution in [2.75, 3.05) is 39.6 Å². The Hall–Kier alpha value is -4.54. The van der Waals surface area contributed by atoms with Crippen molar-refractivity contribution in [2.24, 2.45) is 0 Å². The average molecular weight is 1500 g/mol. The first-order valence-electron chi connectivity index (χ1n) is 40.8. The van der Waals surface area contributed by atoms with E-state index in [0.29, 0.717) is 38.5 Å². The van der Waals surface area contributed by atoms with Crippen molar-refractivity contribution >= 4 is 39.5 Å². The molecule has 0 rings (SSSR count). The van der Waals surface area contributed by atoms with E-state index in [4.69, 9.17) is 37.0 Å². The largest absolute Gasteiger partial charge is 0.472 e. The molecule has 2 unspecified atom stereocenters. The number of phosphoric ester groups is 2. The molecule has 3 N–H and O–H groups in total. The van der Waals surface area contributed by atoms with Crippen LogP contribution in [0.4, 0.5) is 0 Å². The molecule has 0 aliphatic heterocycles. The molecule has 17 nitrogen and oxygen atoms in total. The van der Waals surface area contributed by atoms with Gasteiger partial charge in [0.15, 0.2) is 12.2 Å². The average Bonchev–Trinajstić information content (AvgIpc) is 0.926. The van der Waals surface area contributed by atoms with Crippen LogP contribution in [0.15, 0.2) is 122 Å². The third kappa shape index (κ3) is 75.7. The maximum atomic E-state index is 13.1. The first-order chi connectivity index (χ1) is 50.7. The molecule has 19 heteroatoms. The van der Waals surface area contributed by atoms with Crippen molar-refractivity contribution < 1.29 is 80.2 Å². The number of hydrogen-bond donors (Lipinski definition) is 3. The number of carbonyl (C=O) groups is 4. The van der Waals surface area contributed by atoms with Crippen molar-refractivity contribution in [1.82, 2.24) is 0 Å². The molecule has 0 aliphatic carbocycles. The molecule has 104 heavy (non-hydrogen) atoms. The van der Waals surface area contributed by atoms with Crippen LogP contribution in [-0.4, -0.2) is 96.7 Å². The van der Waals surface area contributed by atoms with Gasteiger partial charge in [0.05, 0.1) is 26.4 Å². The van der Waals surface area contributed by atoms with E-state index >= 15 is 0 Å². The summed E-state index contributed by atoms with van der Waals surface area (Å²) in [5.74, 6) is -2.32. The van der Waals surface area contributed by atoms with E-state index in [9.17, 15) is 43.2 Å². The Balaban J connectivity index is 5.48. The smallest absolute Gasteiger partial charge is 0.462 e. The van der Waals surface area contributed by atoms with Gasteiger partial charge in [0.1, 0.15) is 19.3 Å². The molecular weight excluding hydrogens is 1350 g/mol.